The Labute approximate surface area is 113 Å². The minimum atomic E-state index is 0.546. The monoisotopic (exact) mass is 273 g/mol. The van der Waals surface area contributed by atoms with E-state index in [1.54, 1.807) is 11.3 Å². The van der Waals surface area contributed by atoms with Crippen LogP contribution in [0.4, 0.5) is 0 Å². The molecule has 0 amide bonds. The lowest BCUT2D eigenvalue weighted by molar-refractivity contribution is 0.736. The van der Waals surface area contributed by atoms with Crippen molar-refractivity contribution in [3.63, 3.8) is 0 Å². The Kier molecular flexibility index (Phi) is 2.19. The van der Waals surface area contributed by atoms with Gasteiger partial charge in [-0.3, -0.25) is 9.67 Å². The summed E-state index contributed by atoms with van der Waals surface area (Å²) in [5.74, 6) is 0.986. The van der Waals surface area contributed by atoms with Crippen LogP contribution < -0.4 is 0 Å². The molecule has 3 nitrogen and oxygen atoms in total. The van der Waals surface area contributed by atoms with Gasteiger partial charge in [0.05, 0.1) is 0 Å². The standard InChI is InChI=1S/C13H11N3S2/c17-13-15-14-12(16(13)8-5-6-8)10-7-18-11-4-2-1-3-9(10)11/h1-4,7-8H,5-6H2,(H,15,17). The van der Waals surface area contributed by atoms with Gasteiger partial charge in [0.2, 0.25) is 0 Å². The van der Waals surface area contributed by atoms with Gasteiger partial charge in [-0.25, -0.2) is 0 Å². The van der Waals surface area contributed by atoms with E-state index in [0.29, 0.717) is 6.04 Å². The molecule has 90 valence electrons. The molecule has 1 aromatic carbocycles. The minimum Gasteiger partial charge on any atom is -0.297 e. The first-order chi connectivity index (χ1) is 8.84. The Morgan fingerprint density at radius 1 is 1.33 bits per heavy atom. The third-order valence-corrected chi connectivity index (χ3v) is 4.59. The fraction of sp³-hybridized carbons (Fsp3) is 0.231. The maximum Gasteiger partial charge on any atom is 0.195 e. The van der Waals surface area contributed by atoms with Crippen molar-refractivity contribution in [2.75, 3.05) is 0 Å². The van der Waals surface area contributed by atoms with Gasteiger partial charge in [0.25, 0.3) is 0 Å². The molecule has 1 fully saturated rings. The van der Waals surface area contributed by atoms with Gasteiger partial charge >= 0.3 is 0 Å². The number of thiophene rings is 1. The second-order valence-corrected chi connectivity index (χ2v) is 5.90. The quantitative estimate of drug-likeness (QED) is 0.711. The van der Waals surface area contributed by atoms with E-state index < -0.39 is 0 Å². The first-order valence-corrected chi connectivity index (χ1v) is 7.27. The van der Waals surface area contributed by atoms with Crippen LogP contribution in [0.5, 0.6) is 0 Å². The van der Waals surface area contributed by atoms with Crippen LogP contribution in [0.25, 0.3) is 21.5 Å². The van der Waals surface area contributed by atoms with E-state index in [0.717, 1.165) is 10.6 Å². The summed E-state index contributed by atoms with van der Waals surface area (Å²) in [6.07, 6.45) is 2.42. The van der Waals surface area contributed by atoms with Gasteiger partial charge in [0, 0.05) is 27.1 Å². The number of fused-ring (bicyclic) bond motifs is 1. The Balaban J connectivity index is 2.00. The van der Waals surface area contributed by atoms with Crippen LogP contribution in [0, 0.1) is 4.77 Å². The number of rotatable bonds is 2. The lowest BCUT2D eigenvalue weighted by Gasteiger charge is -2.03. The van der Waals surface area contributed by atoms with Crippen molar-refractivity contribution < 1.29 is 0 Å². The predicted octanol–water partition coefficient (Wildman–Crippen LogP) is 4.16. The Hall–Kier alpha value is -1.46. The van der Waals surface area contributed by atoms with Crippen LogP contribution in [0.3, 0.4) is 0 Å². The number of aromatic amines is 1. The summed E-state index contributed by atoms with van der Waals surface area (Å²) < 4.78 is 4.20. The summed E-state index contributed by atoms with van der Waals surface area (Å²) >= 11 is 7.09. The lowest BCUT2D eigenvalue weighted by atomic mass is 10.1. The second-order valence-electron chi connectivity index (χ2n) is 4.60. The summed E-state index contributed by atoms with van der Waals surface area (Å²) in [7, 11) is 0. The van der Waals surface area contributed by atoms with Crippen molar-refractivity contribution in [3.8, 4) is 11.4 Å². The lowest BCUT2D eigenvalue weighted by Crippen LogP contribution is -1.96. The highest BCUT2D eigenvalue weighted by molar-refractivity contribution is 7.71. The van der Waals surface area contributed by atoms with Crippen molar-refractivity contribution in [1.82, 2.24) is 14.8 Å². The molecule has 0 spiro atoms. The van der Waals surface area contributed by atoms with Gasteiger partial charge in [-0.05, 0) is 31.1 Å². The number of aromatic nitrogens is 3. The largest absolute Gasteiger partial charge is 0.297 e. The zero-order chi connectivity index (χ0) is 12.1. The van der Waals surface area contributed by atoms with E-state index in [2.05, 4.69) is 44.4 Å². The Morgan fingerprint density at radius 2 is 2.17 bits per heavy atom. The van der Waals surface area contributed by atoms with Crippen LogP contribution in [0.2, 0.25) is 0 Å². The van der Waals surface area contributed by atoms with E-state index in [1.165, 1.54) is 28.5 Å². The highest BCUT2D eigenvalue weighted by Gasteiger charge is 2.28. The molecular formula is C13H11N3S2. The van der Waals surface area contributed by atoms with Crippen molar-refractivity contribution in [2.45, 2.75) is 18.9 Å². The zero-order valence-corrected chi connectivity index (χ0v) is 11.2. The highest BCUT2D eigenvalue weighted by atomic mass is 32.1. The summed E-state index contributed by atoms with van der Waals surface area (Å²) in [5, 5.41) is 10.8. The molecule has 1 aliphatic rings. The normalized spacial score (nSPS) is 15.3. The molecule has 0 atom stereocenters. The number of nitrogens with one attached hydrogen (secondary N) is 1. The molecular weight excluding hydrogens is 262 g/mol. The van der Waals surface area contributed by atoms with Crippen LogP contribution >= 0.6 is 23.6 Å². The van der Waals surface area contributed by atoms with Crippen LogP contribution in [-0.4, -0.2) is 14.8 Å². The van der Waals surface area contributed by atoms with E-state index >= 15 is 0 Å². The fourth-order valence-corrected chi connectivity index (χ4v) is 3.54. The topological polar surface area (TPSA) is 33.6 Å². The van der Waals surface area contributed by atoms with E-state index in [1.807, 2.05) is 0 Å². The molecule has 1 saturated carbocycles. The minimum absolute atomic E-state index is 0.546. The Bertz CT molecular complexity index is 777. The summed E-state index contributed by atoms with van der Waals surface area (Å²) in [6.45, 7) is 0. The first-order valence-electron chi connectivity index (χ1n) is 5.98. The molecule has 0 bridgehead atoms. The van der Waals surface area contributed by atoms with Gasteiger partial charge < -0.3 is 0 Å². The summed E-state index contributed by atoms with van der Waals surface area (Å²) in [4.78, 5) is 0. The SMILES string of the molecule is S=c1[nH]nc(-c2csc3ccccc23)n1C1CC1. The van der Waals surface area contributed by atoms with E-state index in [-0.39, 0.29) is 0 Å². The number of benzene rings is 1. The van der Waals surface area contributed by atoms with Crippen molar-refractivity contribution in [2.24, 2.45) is 0 Å². The molecule has 18 heavy (non-hydrogen) atoms. The number of hydrogen-bond donors (Lipinski definition) is 1. The molecule has 0 unspecified atom stereocenters. The molecule has 0 radical (unpaired) electrons. The third kappa shape index (κ3) is 1.47. The van der Waals surface area contributed by atoms with Crippen LogP contribution in [-0.2, 0) is 0 Å². The van der Waals surface area contributed by atoms with Crippen molar-refractivity contribution >= 4 is 33.6 Å². The number of hydrogen-bond acceptors (Lipinski definition) is 3. The molecule has 1 aliphatic carbocycles. The first kappa shape index (κ1) is 10.5. The smallest absolute Gasteiger partial charge is 0.195 e. The van der Waals surface area contributed by atoms with Gasteiger partial charge in [-0.2, -0.15) is 5.10 Å². The van der Waals surface area contributed by atoms with E-state index in [4.69, 9.17) is 12.2 Å². The van der Waals surface area contributed by atoms with Gasteiger partial charge in [0.15, 0.2) is 10.6 Å². The maximum absolute atomic E-state index is 5.33. The zero-order valence-electron chi connectivity index (χ0n) is 9.59. The predicted molar refractivity (Wildman–Crippen MR) is 76.5 cm³/mol. The molecule has 0 saturated heterocycles. The summed E-state index contributed by atoms with van der Waals surface area (Å²) in [5.41, 5.74) is 1.19. The Morgan fingerprint density at radius 3 is 3.00 bits per heavy atom. The molecule has 2 heterocycles. The fourth-order valence-electron chi connectivity index (χ4n) is 2.32. The average Bonchev–Trinajstić information content (AvgIpc) is 3.02. The van der Waals surface area contributed by atoms with Crippen LogP contribution in [0.15, 0.2) is 29.6 Å². The molecule has 4 rings (SSSR count). The van der Waals surface area contributed by atoms with Crippen molar-refractivity contribution in [3.05, 3.63) is 34.4 Å². The second kappa shape index (κ2) is 3.76. The van der Waals surface area contributed by atoms with Gasteiger partial charge in [0.1, 0.15) is 0 Å². The average molecular weight is 273 g/mol. The van der Waals surface area contributed by atoms with Crippen LogP contribution in [0.1, 0.15) is 18.9 Å². The summed E-state index contributed by atoms with van der Waals surface area (Å²) in [6, 6.07) is 8.98. The maximum atomic E-state index is 5.33. The van der Waals surface area contributed by atoms with Crippen molar-refractivity contribution in [1.29, 1.82) is 0 Å². The molecule has 2 aromatic heterocycles. The van der Waals surface area contributed by atoms with Gasteiger partial charge in [-0.15, -0.1) is 11.3 Å². The molecule has 0 aliphatic heterocycles. The number of nitrogens with zero attached hydrogens (tertiary/aromatic N) is 2. The molecule has 1 N–H and O–H groups in total. The van der Waals surface area contributed by atoms with Gasteiger partial charge in [-0.1, -0.05) is 18.2 Å². The molecule has 3 aromatic rings. The van der Waals surface area contributed by atoms with E-state index in [9.17, 15) is 0 Å². The third-order valence-electron chi connectivity index (χ3n) is 3.34. The molecule has 5 heteroatoms. The number of H-pyrrole nitrogens is 1. The highest BCUT2D eigenvalue weighted by Crippen LogP contribution is 2.40.